The Balaban J connectivity index is 1.66. The Morgan fingerprint density at radius 3 is 2.16 bits per heavy atom. The molecule has 31 heavy (non-hydrogen) atoms. The van der Waals surface area contributed by atoms with Crippen LogP contribution in [0.3, 0.4) is 0 Å². The van der Waals surface area contributed by atoms with Gasteiger partial charge >= 0.3 is 0 Å². The molecule has 144 valence electrons. The molecular weight excluding hydrogens is 416 g/mol. The molecule has 8 aromatic rings. The zero-order valence-electron chi connectivity index (χ0n) is 16.3. The number of fused-ring (bicyclic) bond motifs is 14. The van der Waals surface area contributed by atoms with E-state index in [0.29, 0.717) is 0 Å². The summed E-state index contributed by atoms with van der Waals surface area (Å²) in [5.41, 5.74) is 2.24. The minimum absolute atomic E-state index is 1.02. The molecule has 0 saturated carbocycles. The second-order valence-corrected chi connectivity index (χ2v) is 10.1. The molecule has 0 fully saturated rings. The van der Waals surface area contributed by atoms with Crippen LogP contribution in [0.4, 0.5) is 0 Å². The highest BCUT2D eigenvalue weighted by atomic mass is 32.1. The topological polar surface area (TPSA) is 17.3 Å². The number of hydrogen-bond acceptors (Lipinski definition) is 3. The summed E-state index contributed by atoms with van der Waals surface area (Å²) >= 11 is 3.85. The van der Waals surface area contributed by atoms with E-state index in [1.165, 1.54) is 62.0 Å². The Bertz CT molecular complexity index is 2000. The third kappa shape index (κ3) is 1.95. The van der Waals surface area contributed by atoms with Crippen LogP contribution in [0.1, 0.15) is 0 Å². The average Bonchev–Trinajstić information content (AvgIpc) is 3.53. The molecule has 4 aromatic carbocycles. The Kier molecular flexibility index (Phi) is 2.94. The quantitative estimate of drug-likeness (QED) is 0.221. The van der Waals surface area contributed by atoms with Crippen molar-refractivity contribution < 1.29 is 0 Å². The maximum atomic E-state index is 4.65. The SMILES string of the molecule is c1ccc2c(c1)sc1c2ccc2c3ccc4c(c5ccccc5c5nccn45)c3sc21. The van der Waals surface area contributed by atoms with Crippen LogP contribution in [0.5, 0.6) is 0 Å². The summed E-state index contributed by atoms with van der Waals surface area (Å²) in [5.74, 6) is 0. The minimum atomic E-state index is 1.02. The van der Waals surface area contributed by atoms with Crippen LogP contribution in [-0.4, -0.2) is 9.38 Å². The highest BCUT2D eigenvalue weighted by molar-refractivity contribution is 7.34. The van der Waals surface area contributed by atoms with Gasteiger partial charge in [-0.3, -0.25) is 4.40 Å². The summed E-state index contributed by atoms with van der Waals surface area (Å²) in [6.45, 7) is 0. The highest BCUT2D eigenvalue weighted by Crippen LogP contribution is 2.47. The van der Waals surface area contributed by atoms with Gasteiger partial charge < -0.3 is 0 Å². The molecule has 0 aliphatic rings. The van der Waals surface area contributed by atoms with Crippen molar-refractivity contribution >= 4 is 90.3 Å². The Hall–Kier alpha value is -3.47. The van der Waals surface area contributed by atoms with Crippen LogP contribution in [0, 0.1) is 0 Å². The predicted octanol–water partition coefficient (Wildman–Crippen LogP) is 8.38. The molecule has 4 heterocycles. The number of pyridine rings is 1. The van der Waals surface area contributed by atoms with Crippen molar-refractivity contribution in [3.8, 4) is 0 Å². The monoisotopic (exact) mass is 430 g/mol. The van der Waals surface area contributed by atoms with Gasteiger partial charge in [0.25, 0.3) is 0 Å². The highest BCUT2D eigenvalue weighted by Gasteiger charge is 2.17. The first-order chi connectivity index (χ1) is 15.4. The molecule has 0 aliphatic heterocycles. The van der Waals surface area contributed by atoms with Crippen molar-refractivity contribution in [3.63, 3.8) is 0 Å². The molecule has 2 nitrogen and oxygen atoms in total. The average molecular weight is 431 g/mol. The summed E-state index contributed by atoms with van der Waals surface area (Å²) in [6, 6.07) is 26.6. The fourth-order valence-corrected chi connectivity index (χ4v) is 7.82. The summed E-state index contributed by atoms with van der Waals surface area (Å²) in [5, 5.41) is 9.24. The lowest BCUT2D eigenvalue weighted by molar-refractivity contribution is 1.27. The molecule has 8 rings (SSSR count). The van der Waals surface area contributed by atoms with Gasteiger partial charge in [-0.1, -0.05) is 60.7 Å². The number of benzene rings is 4. The van der Waals surface area contributed by atoms with E-state index in [0.717, 1.165) is 5.65 Å². The van der Waals surface area contributed by atoms with Crippen LogP contribution in [0.25, 0.3) is 67.7 Å². The molecule has 0 radical (unpaired) electrons. The molecule has 0 aliphatic carbocycles. The zero-order valence-corrected chi connectivity index (χ0v) is 17.9. The lowest BCUT2D eigenvalue weighted by atomic mass is 10.0. The minimum Gasteiger partial charge on any atom is -0.299 e. The number of thiophene rings is 2. The standard InChI is InChI=1S/C27H14N2S2/c1-2-7-20-16(6-1)23-21(29-14-13-28-27(20)29)12-11-18-19-10-9-17-15-5-3-4-8-22(15)30-25(17)26(19)31-24(18)23/h1-14H. The van der Waals surface area contributed by atoms with Crippen LogP contribution in [0.2, 0.25) is 0 Å². The van der Waals surface area contributed by atoms with E-state index < -0.39 is 0 Å². The fourth-order valence-electron chi connectivity index (χ4n) is 5.12. The van der Waals surface area contributed by atoms with Gasteiger partial charge in [-0.15, -0.1) is 22.7 Å². The summed E-state index contributed by atoms with van der Waals surface area (Å²) in [4.78, 5) is 4.65. The summed E-state index contributed by atoms with van der Waals surface area (Å²) in [6.07, 6.45) is 3.98. The molecule has 0 bridgehead atoms. The van der Waals surface area contributed by atoms with Gasteiger partial charge in [0, 0.05) is 54.1 Å². The van der Waals surface area contributed by atoms with Crippen molar-refractivity contribution in [1.29, 1.82) is 0 Å². The van der Waals surface area contributed by atoms with E-state index in [2.05, 4.69) is 88.4 Å². The van der Waals surface area contributed by atoms with Crippen molar-refractivity contribution in [2.45, 2.75) is 0 Å². The van der Waals surface area contributed by atoms with Gasteiger partial charge in [0.15, 0.2) is 0 Å². The first-order valence-corrected chi connectivity index (χ1v) is 11.9. The molecule has 0 spiro atoms. The Morgan fingerprint density at radius 2 is 1.26 bits per heavy atom. The van der Waals surface area contributed by atoms with Crippen molar-refractivity contribution in [2.24, 2.45) is 0 Å². The van der Waals surface area contributed by atoms with E-state index in [-0.39, 0.29) is 0 Å². The Morgan fingerprint density at radius 1 is 0.581 bits per heavy atom. The Labute approximate surface area is 184 Å². The smallest absolute Gasteiger partial charge is 0.145 e. The molecule has 4 heteroatoms. The van der Waals surface area contributed by atoms with Gasteiger partial charge in [0.05, 0.1) is 14.9 Å². The van der Waals surface area contributed by atoms with Gasteiger partial charge in [-0.2, -0.15) is 0 Å². The molecule has 4 aromatic heterocycles. The van der Waals surface area contributed by atoms with Crippen LogP contribution in [0.15, 0.2) is 85.2 Å². The van der Waals surface area contributed by atoms with Crippen molar-refractivity contribution in [3.05, 3.63) is 85.2 Å². The third-order valence-corrected chi connectivity index (χ3v) is 9.06. The fraction of sp³-hybridized carbons (Fsp3) is 0. The second-order valence-electron chi connectivity index (χ2n) is 8.02. The summed E-state index contributed by atoms with van der Waals surface area (Å²) in [7, 11) is 0. The maximum absolute atomic E-state index is 4.65. The molecule has 0 N–H and O–H groups in total. The van der Waals surface area contributed by atoms with E-state index in [1.807, 2.05) is 28.9 Å². The maximum Gasteiger partial charge on any atom is 0.145 e. The van der Waals surface area contributed by atoms with Crippen LogP contribution >= 0.6 is 22.7 Å². The molecule has 0 unspecified atom stereocenters. The second kappa shape index (κ2) is 5.61. The first-order valence-electron chi connectivity index (χ1n) is 10.3. The first kappa shape index (κ1) is 16.3. The molecule has 0 amide bonds. The van der Waals surface area contributed by atoms with Gasteiger partial charge in [0.2, 0.25) is 0 Å². The normalized spacial score (nSPS) is 12.5. The van der Waals surface area contributed by atoms with E-state index >= 15 is 0 Å². The van der Waals surface area contributed by atoms with Crippen LogP contribution in [-0.2, 0) is 0 Å². The molecule has 0 atom stereocenters. The number of aromatic nitrogens is 2. The van der Waals surface area contributed by atoms with E-state index in [9.17, 15) is 0 Å². The summed E-state index contributed by atoms with van der Waals surface area (Å²) < 4.78 is 7.76. The molecule has 0 saturated heterocycles. The lowest BCUT2D eigenvalue weighted by Gasteiger charge is -2.09. The van der Waals surface area contributed by atoms with Gasteiger partial charge in [-0.25, -0.2) is 4.98 Å². The van der Waals surface area contributed by atoms with E-state index in [1.54, 1.807) is 0 Å². The van der Waals surface area contributed by atoms with E-state index in [4.69, 9.17) is 0 Å². The molecular formula is C27H14N2S2. The van der Waals surface area contributed by atoms with Crippen molar-refractivity contribution in [1.82, 2.24) is 9.38 Å². The largest absolute Gasteiger partial charge is 0.299 e. The lowest BCUT2D eigenvalue weighted by Crippen LogP contribution is -1.90. The zero-order chi connectivity index (χ0) is 20.1. The number of nitrogens with zero attached hydrogens (tertiary/aromatic N) is 2. The van der Waals surface area contributed by atoms with Crippen molar-refractivity contribution in [2.75, 3.05) is 0 Å². The van der Waals surface area contributed by atoms with Gasteiger partial charge in [0.1, 0.15) is 5.65 Å². The number of imidazole rings is 1. The van der Waals surface area contributed by atoms with Gasteiger partial charge in [-0.05, 0) is 17.5 Å². The van der Waals surface area contributed by atoms with Crippen LogP contribution < -0.4 is 0 Å². The predicted molar refractivity (Wildman–Crippen MR) is 136 cm³/mol. The number of hydrogen-bond donors (Lipinski definition) is 0. The third-order valence-electron chi connectivity index (χ3n) is 6.47. The number of rotatable bonds is 0.